The van der Waals surface area contributed by atoms with E-state index in [1.165, 1.54) is 6.92 Å². The molecule has 0 N–H and O–H groups in total. The molecule has 0 fully saturated rings. The minimum atomic E-state index is -0.723. The maximum atomic E-state index is 11.2. The van der Waals surface area contributed by atoms with E-state index in [1.807, 2.05) is 30.3 Å². The molecule has 0 amide bonds. The van der Waals surface area contributed by atoms with Crippen LogP contribution >= 0.6 is 0 Å². The Balaban J connectivity index is 2.22. The van der Waals surface area contributed by atoms with Crippen molar-refractivity contribution in [2.45, 2.75) is 20.0 Å². The van der Waals surface area contributed by atoms with Crippen LogP contribution in [0.2, 0.25) is 0 Å². The number of hydrogen-bond acceptors (Lipinski definition) is 5. The summed E-state index contributed by atoms with van der Waals surface area (Å²) in [5, 5.41) is 0. The summed E-state index contributed by atoms with van der Waals surface area (Å²) >= 11 is 0. The van der Waals surface area contributed by atoms with Crippen molar-refractivity contribution in [1.29, 1.82) is 0 Å². The van der Waals surface area contributed by atoms with Crippen LogP contribution in [0.1, 0.15) is 18.9 Å². The van der Waals surface area contributed by atoms with Crippen molar-refractivity contribution < 1.29 is 23.9 Å². The number of Topliss-reactive ketones (excluding diaryl/α,β-unsaturated/α-hetero) is 1. The quantitative estimate of drug-likeness (QED) is 0.561. The Bertz CT molecular complexity index is 424. The van der Waals surface area contributed by atoms with Crippen molar-refractivity contribution in [2.24, 2.45) is 0 Å². The zero-order chi connectivity index (χ0) is 13.4. The van der Waals surface area contributed by atoms with Crippen LogP contribution in [-0.4, -0.2) is 24.3 Å². The van der Waals surface area contributed by atoms with Crippen LogP contribution in [0.5, 0.6) is 0 Å². The first-order valence-electron chi connectivity index (χ1n) is 5.42. The second-order valence-electron chi connectivity index (χ2n) is 3.69. The van der Waals surface area contributed by atoms with Crippen LogP contribution in [0, 0.1) is 0 Å². The van der Waals surface area contributed by atoms with Crippen molar-refractivity contribution in [3.8, 4) is 0 Å². The van der Waals surface area contributed by atoms with E-state index in [0.29, 0.717) is 0 Å². The molecule has 0 aliphatic carbocycles. The molecule has 96 valence electrons. The van der Waals surface area contributed by atoms with Gasteiger partial charge in [-0.2, -0.15) is 0 Å². The Morgan fingerprint density at radius 1 is 1.00 bits per heavy atom. The molecular weight excluding hydrogens is 236 g/mol. The number of carbonyl (C=O) groups is 3. The fourth-order valence-corrected chi connectivity index (χ4v) is 1.17. The van der Waals surface area contributed by atoms with Crippen LogP contribution in [0.4, 0.5) is 0 Å². The molecule has 0 saturated carbocycles. The van der Waals surface area contributed by atoms with Crippen LogP contribution in [0.15, 0.2) is 30.3 Å². The Labute approximate surface area is 105 Å². The molecule has 5 nitrogen and oxygen atoms in total. The van der Waals surface area contributed by atoms with Crippen LogP contribution in [-0.2, 0) is 30.5 Å². The van der Waals surface area contributed by atoms with Gasteiger partial charge in [0.15, 0.2) is 6.61 Å². The van der Waals surface area contributed by atoms with Gasteiger partial charge in [0.1, 0.15) is 18.8 Å². The molecule has 0 unspecified atom stereocenters. The van der Waals surface area contributed by atoms with Gasteiger partial charge in [-0.25, -0.2) is 4.79 Å². The molecule has 0 radical (unpaired) electrons. The van der Waals surface area contributed by atoms with E-state index in [2.05, 4.69) is 4.74 Å². The lowest BCUT2D eigenvalue weighted by Crippen LogP contribution is -2.17. The fraction of sp³-hybridized carbons (Fsp3) is 0.308. The van der Waals surface area contributed by atoms with E-state index in [0.717, 1.165) is 5.56 Å². The average Bonchev–Trinajstić information content (AvgIpc) is 2.34. The number of esters is 2. The Kier molecular flexibility index (Phi) is 5.57. The number of rotatable bonds is 6. The molecule has 0 aromatic heterocycles. The van der Waals surface area contributed by atoms with E-state index in [-0.39, 0.29) is 18.8 Å². The van der Waals surface area contributed by atoms with Crippen molar-refractivity contribution in [3.05, 3.63) is 35.9 Å². The number of benzene rings is 1. The zero-order valence-corrected chi connectivity index (χ0v) is 10.0. The summed E-state index contributed by atoms with van der Waals surface area (Å²) in [7, 11) is 0. The van der Waals surface area contributed by atoms with Crippen molar-refractivity contribution in [2.75, 3.05) is 6.61 Å². The molecule has 1 aromatic rings. The lowest BCUT2D eigenvalue weighted by molar-refractivity contribution is -0.160. The zero-order valence-electron chi connectivity index (χ0n) is 10.0. The molecule has 5 heteroatoms. The highest BCUT2D eigenvalue weighted by Gasteiger charge is 2.10. The van der Waals surface area contributed by atoms with Gasteiger partial charge in [-0.05, 0) is 12.5 Å². The topological polar surface area (TPSA) is 69.7 Å². The van der Waals surface area contributed by atoms with Crippen LogP contribution in [0.3, 0.4) is 0 Å². The first-order valence-corrected chi connectivity index (χ1v) is 5.42. The summed E-state index contributed by atoms with van der Waals surface area (Å²) in [6, 6.07) is 9.14. The normalized spacial score (nSPS) is 9.61. The summed E-state index contributed by atoms with van der Waals surface area (Å²) in [6.45, 7) is 0.928. The largest absolute Gasteiger partial charge is 0.458 e. The molecule has 0 aliphatic rings. The van der Waals surface area contributed by atoms with E-state index < -0.39 is 18.5 Å². The standard InChI is InChI=1S/C13H14O5/c1-10(14)7-12(15)18-9-13(16)17-8-11-5-3-2-4-6-11/h2-6H,7-9H2,1H3. The Morgan fingerprint density at radius 3 is 2.28 bits per heavy atom. The molecule has 0 saturated heterocycles. The van der Waals surface area contributed by atoms with E-state index >= 15 is 0 Å². The van der Waals surface area contributed by atoms with Gasteiger partial charge in [0.2, 0.25) is 0 Å². The molecule has 18 heavy (non-hydrogen) atoms. The smallest absolute Gasteiger partial charge is 0.344 e. The van der Waals surface area contributed by atoms with Gasteiger partial charge < -0.3 is 9.47 Å². The van der Waals surface area contributed by atoms with Crippen molar-refractivity contribution >= 4 is 17.7 Å². The van der Waals surface area contributed by atoms with Gasteiger partial charge in [-0.1, -0.05) is 30.3 Å². The average molecular weight is 250 g/mol. The number of ether oxygens (including phenoxy) is 2. The maximum absolute atomic E-state index is 11.2. The number of ketones is 1. The van der Waals surface area contributed by atoms with E-state index in [9.17, 15) is 14.4 Å². The lowest BCUT2D eigenvalue weighted by Gasteiger charge is -2.05. The predicted molar refractivity (Wildman–Crippen MR) is 62.5 cm³/mol. The molecule has 0 spiro atoms. The second-order valence-corrected chi connectivity index (χ2v) is 3.69. The van der Waals surface area contributed by atoms with Gasteiger partial charge in [0.05, 0.1) is 0 Å². The Hall–Kier alpha value is -2.17. The second kappa shape index (κ2) is 7.21. The third-order valence-electron chi connectivity index (χ3n) is 1.99. The predicted octanol–water partition coefficient (Wildman–Crippen LogP) is 1.25. The minimum Gasteiger partial charge on any atom is -0.458 e. The molecule has 0 heterocycles. The summed E-state index contributed by atoms with van der Waals surface area (Å²) in [5.41, 5.74) is 0.848. The molecule has 0 bridgehead atoms. The molecule has 1 rings (SSSR count). The number of carbonyl (C=O) groups excluding carboxylic acids is 3. The number of hydrogen-bond donors (Lipinski definition) is 0. The van der Waals surface area contributed by atoms with Gasteiger partial charge >= 0.3 is 11.9 Å². The molecule has 0 aliphatic heterocycles. The summed E-state index contributed by atoms with van der Waals surface area (Å²) in [4.78, 5) is 32.8. The van der Waals surface area contributed by atoms with Gasteiger partial charge in [0.25, 0.3) is 0 Å². The molecular formula is C13H14O5. The lowest BCUT2D eigenvalue weighted by atomic mass is 10.2. The van der Waals surface area contributed by atoms with Crippen molar-refractivity contribution in [1.82, 2.24) is 0 Å². The highest BCUT2D eigenvalue weighted by Crippen LogP contribution is 2.00. The highest BCUT2D eigenvalue weighted by atomic mass is 16.6. The highest BCUT2D eigenvalue weighted by molar-refractivity contribution is 5.94. The summed E-state index contributed by atoms with van der Waals surface area (Å²) in [6.07, 6.45) is -0.327. The van der Waals surface area contributed by atoms with E-state index in [4.69, 9.17) is 4.74 Å². The first kappa shape index (κ1) is 13.9. The summed E-state index contributed by atoms with van der Waals surface area (Å²) in [5.74, 6) is -1.67. The van der Waals surface area contributed by atoms with E-state index in [1.54, 1.807) is 0 Å². The summed E-state index contributed by atoms with van der Waals surface area (Å²) < 4.78 is 9.45. The van der Waals surface area contributed by atoms with Gasteiger partial charge in [0, 0.05) is 0 Å². The van der Waals surface area contributed by atoms with Crippen LogP contribution in [0.25, 0.3) is 0 Å². The van der Waals surface area contributed by atoms with Gasteiger partial charge in [-0.3, -0.25) is 9.59 Å². The van der Waals surface area contributed by atoms with Crippen molar-refractivity contribution in [3.63, 3.8) is 0 Å². The molecule has 0 atom stereocenters. The minimum absolute atomic E-state index is 0.129. The monoisotopic (exact) mass is 250 g/mol. The first-order chi connectivity index (χ1) is 8.58. The SMILES string of the molecule is CC(=O)CC(=O)OCC(=O)OCc1ccccc1. The van der Waals surface area contributed by atoms with Crippen LogP contribution < -0.4 is 0 Å². The van der Waals surface area contributed by atoms with Gasteiger partial charge in [-0.15, -0.1) is 0 Å². The third kappa shape index (κ3) is 5.79. The third-order valence-corrected chi connectivity index (χ3v) is 1.99. The Morgan fingerprint density at radius 2 is 1.67 bits per heavy atom. The maximum Gasteiger partial charge on any atom is 0.344 e. The fourth-order valence-electron chi connectivity index (χ4n) is 1.17. The molecule has 1 aromatic carbocycles.